The maximum absolute atomic E-state index is 12.9. The standard InChI is InChI=1S/C25H35N5O3/c1-18-7-8-20(21(15-18)28-11-5-6-12-28)17-27(4)25(3)9-13-29(14-10-25)24(33)30-16-19(2)22(26-30)23(31)32/h7-8,15-16H,5-6,9-14,17H2,1-4H3,(H,31,32). The van der Waals surface area contributed by atoms with Crippen LogP contribution in [-0.2, 0) is 6.54 Å². The summed E-state index contributed by atoms with van der Waals surface area (Å²) in [5.41, 5.74) is 4.41. The van der Waals surface area contributed by atoms with Gasteiger partial charge in [-0.15, -0.1) is 0 Å². The molecule has 0 atom stereocenters. The predicted octanol–water partition coefficient (Wildman–Crippen LogP) is 3.75. The van der Waals surface area contributed by atoms with Gasteiger partial charge in [0.1, 0.15) is 0 Å². The van der Waals surface area contributed by atoms with Crippen LogP contribution in [0, 0.1) is 13.8 Å². The molecule has 1 N–H and O–H groups in total. The molecule has 8 heteroatoms. The molecule has 0 spiro atoms. The number of rotatable bonds is 5. The summed E-state index contributed by atoms with van der Waals surface area (Å²) >= 11 is 0. The van der Waals surface area contributed by atoms with E-state index in [1.54, 1.807) is 11.8 Å². The van der Waals surface area contributed by atoms with Crippen molar-refractivity contribution in [2.24, 2.45) is 0 Å². The molecule has 3 heterocycles. The Labute approximate surface area is 195 Å². The van der Waals surface area contributed by atoms with Gasteiger partial charge >= 0.3 is 12.0 Å². The topological polar surface area (TPSA) is 81.9 Å². The lowest BCUT2D eigenvalue weighted by Gasteiger charge is -2.45. The van der Waals surface area contributed by atoms with Crippen LogP contribution in [0.25, 0.3) is 0 Å². The molecule has 2 aromatic rings. The van der Waals surface area contributed by atoms with E-state index < -0.39 is 5.97 Å². The predicted molar refractivity (Wildman–Crippen MR) is 128 cm³/mol. The smallest absolute Gasteiger partial charge is 0.356 e. The van der Waals surface area contributed by atoms with Crippen LogP contribution in [-0.4, -0.2) is 75.5 Å². The van der Waals surface area contributed by atoms with Crippen molar-refractivity contribution in [2.45, 2.75) is 58.5 Å². The van der Waals surface area contributed by atoms with Crippen LogP contribution in [0.4, 0.5) is 10.5 Å². The number of likely N-dealkylation sites (tertiary alicyclic amines) is 1. The van der Waals surface area contributed by atoms with Gasteiger partial charge in [0.2, 0.25) is 0 Å². The first-order valence-corrected chi connectivity index (χ1v) is 11.8. The fraction of sp³-hybridized carbons (Fsp3) is 0.560. The highest BCUT2D eigenvalue weighted by atomic mass is 16.4. The number of hydrogen-bond acceptors (Lipinski definition) is 5. The van der Waals surface area contributed by atoms with Crippen LogP contribution in [0.15, 0.2) is 24.4 Å². The van der Waals surface area contributed by atoms with Gasteiger partial charge < -0.3 is 14.9 Å². The number of benzene rings is 1. The Hall–Kier alpha value is -2.87. The summed E-state index contributed by atoms with van der Waals surface area (Å²) in [6.45, 7) is 10.5. The van der Waals surface area contributed by atoms with Crippen LogP contribution in [0.5, 0.6) is 0 Å². The number of carboxylic acids is 1. The molecule has 2 saturated heterocycles. The van der Waals surface area contributed by atoms with Gasteiger partial charge in [-0.2, -0.15) is 9.78 Å². The van der Waals surface area contributed by atoms with E-state index in [9.17, 15) is 14.7 Å². The maximum Gasteiger partial charge on any atom is 0.356 e. The van der Waals surface area contributed by atoms with E-state index in [2.05, 4.69) is 54.0 Å². The van der Waals surface area contributed by atoms with E-state index in [1.807, 2.05) is 0 Å². The Bertz CT molecular complexity index is 1030. The minimum absolute atomic E-state index is 0.0177. The number of carbonyl (C=O) groups is 2. The Balaban J connectivity index is 1.42. The van der Waals surface area contributed by atoms with Crippen molar-refractivity contribution in [3.05, 3.63) is 46.8 Å². The van der Waals surface area contributed by atoms with Crippen LogP contribution < -0.4 is 4.90 Å². The highest BCUT2D eigenvalue weighted by Crippen LogP contribution is 2.32. The summed E-state index contributed by atoms with van der Waals surface area (Å²) in [6, 6.07) is 6.52. The molecule has 0 radical (unpaired) electrons. The molecule has 33 heavy (non-hydrogen) atoms. The minimum atomic E-state index is -1.11. The first-order valence-electron chi connectivity index (χ1n) is 11.8. The maximum atomic E-state index is 12.9. The number of aromatic nitrogens is 2. The largest absolute Gasteiger partial charge is 0.476 e. The number of nitrogens with zero attached hydrogens (tertiary/aromatic N) is 5. The molecular formula is C25H35N5O3. The second-order valence-electron chi connectivity index (χ2n) is 9.86. The lowest BCUT2D eigenvalue weighted by molar-refractivity contribution is 0.0585. The van der Waals surface area contributed by atoms with Crippen molar-refractivity contribution in [1.29, 1.82) is 0 Å². The van der Waals surface area contributed by atoms with Gasteiger partial charge in [0.25, 0.3) is 0 Å². The number of aryl methyl sites for hydroxylation is 2. The molecular weight excluding hydrogens is 418 g/mol. The fourth-order valence-electron chi connectivity index (χ4n) is 4.98. The molecule has 1 aromatic carbocycles. The first kappa shape index (κ1) is 23.3. The number of carbonyl (C=O) groups excluding carboxylic acids is 1. The van der Waals surface area contributed by atoms with Gasteiger partial charge in [-0.05, 0) is 70.7 Å². The number of carboxylic acid groups (broad SMARTS) is 1. The molecule has 178 valence electrons. The van der Waals surface area contributed by atoms with Crippen molar-refractivity contribution in [3.63, 3.8) is 0 Å². The van der Waals surface area contributed by atoms with E-state index in [1.165, 1.54) is 40.5 Å². The quantitative estimate of drug-likeness (QED) is 0.743. The Morgan fingerprint density at radius 3 is 2.39 bits per heavy atom. The number of aromatic carboxylic acids is 1. The Kier molecular flexibility index (Phi) is 6.47. The van der Waals surface area contributed by atoms with Gasteiger partial charge in [0, 0.05) is 55.7 Å². The summed E-state index contributed by atoms with van der Waals surface area (Å²) in [5.74, 6) is -1.11. The van der Waals surface area contributed by atoms with Crippen molar-refractivity contribution >= 4 is 17.7 Å². The second-order valence-corrected chi connectivity index (χ2v) is 9.86. The van der Waals surface area contributed by atoms with Gasteiger partial charge in [-0.3, -0.25) is 4.90 Å². The minimum Gasteiger partial charge on any atom is -0.476 e. The van der Waals surface area contributed by atoms with Crippen LogP contribution in [0.3, 0.4) is 0 Å². The number of amides is 1. The molecule has 2 fully saturated rings. The SMILES string of the molecule is Cc1ccc(CN(C)C2(C)CCN(C(=O)n3cc(C)c(C(=O)O)n3)CC2)c(N2CCCC2)c1. The highest BCUT2D eigenvalue weighted by Gasteiger charge is 2.36. The van der Waals surface area contributed by atoms with Gasteiger partial charge in [-0.1, -0.05) is 12.1 Å². The van der Waals surface area contributed by atoms with Crippen LogP contribution in [0.2, 0.25) is 0 Å². The number of anilines is 1. The highest BCUT2D eigenvalue weighted by molar-refractivity contribution is 5.88. The molecule has 8 nitrogen and oxygen atoms in total. The van der Waals surface area contributed by atoms with Crippen molar-refractivity contribution < 1.29 is 14.7 Å². The zero-order valence-electron chi connectivity index (χ0n) is 20.2. The van der Waals surface area contributed by atoms with Crippen molar-refractivity contribution in [2.75, 3.05) is 38.1 Å². The lowest BCUT2D eigenvalue weighted by atomic mass is 9.87. The normalized spacial score (nSPS) is 18.2. The molecule has 2 aliphatic heterocycles. The molecule has 1 aromatic heterocycles. The summed E-state index contributed by atoms with van der Waals surface area (Å²) in [6.07, 6.45) is 5.73. The van der Waals surface area contributed by atoms with Gasteiger partial charge in [-0.25, -0.2) is 9.59 Å². The van der Waals surface area contributed by atoms with Crippen molar-refractivity contribution in [3.8, 4) is 0 Å². The second kappa shape index (κ2) is 9.17. The average molecular weight is 454 g/mol. The zero-order valence-corrected chi connectivity index (χ0v) is 20.2. The fourth-order valence-corrected chi connectivity index (χ4v) is 4.98. The van der Waals surface area contributed by atoms with Gasteiger partial charge in [0.05, 0.1) is 0 Å². The lowest BCUT2D eigenvalue weighted by Crippen LogP contribution is -2.53. The Morgan fingerprint density at radius 1 is 1.12 bits per heavy atom. The third-order valence-corrected chi connectivity index (χ3v) is 7.42. The monoisotopic (exact) mass is 453 g/mol. The van der Waals surface area contributed by atoms with E-state index in [-0.39, 0.29) is 17.3 Å². The first-order chi connectivity index (χ1) is 15.7. The number of piperidine rings is 1. The average Bonchev–Trinajstić information content (AvgIpc) is 3.45. The number of hydrogen-bond donors (Lipinski definition) is 1. The van der Waals surface area contributed by atoms with E-state index in [4.69, 9.17) is 0 Å². The molecule has 0 aliphatic carbocycles. The molecule has 0 unspecified atom stereocenters. The third kappa shape index (κ3) is 4.76. The van der Waals surface area contributed by atoms with E-state index in [0.29, 0.717) is 18.7 Å². The van der Waals surface area contributed by atoms with Crippen molar-refractivity contribution in [1.82, 2.24) is 19.6 Å². The van der Waals surface area contributed by atoms with E-state index >= 15 is 0 Å². The van der Waals surface area contributed by atoms with Gasteiger partial charge in [0.15, 0.2) is 5.69 Å². The summed E-state index contributed by atoms with van der Waals surface area (Å²) in [4.78, 5) is 30.9. The third-order valence-electron chi connectivity index (χ3n) is 7.42. The summed E-state index contributed by atoms with van der Waals surface area (Å²) in [5, 5.41) is 13.2. The molecule has 2 aliphatic rings. The van der Waals surface area contributed by atoms with Crippen LogP contribution in [0.1, 0.15) is 59.8 Å². The summed E-state index contributed by atoms with van der Waals surface area (Å²) < 4.78 is 1.17. The molecule has 4 rings (SSSR count). The molecule has 0 saturated carbocycles. The summed E-state index contributed by atoms with van der Waals surface area (Å²) in [7, 11) is 2.18. The van der Waals surface area contributed by atoms with Crippen LogP contribution >= 0.6 is 0 Å². The zero-order chi connectivity index (χ0) is 23.8. The molecule has 1 amide bonds. The van der Waals surface area contributed by atoms with E-state index in [0.717, 1.165) is 32.5 Å². The molecule has 0 bridgehead atoms. The Morgan fingerprint density at radius 2 is 1.79 bits per heavy atom.